The number of hydrogen-bond acceptors (Lipinski definition) is 2. The second-order valence-corrected chi connectivity index (χ2v) is 5.27. The zero-order valence-corrected chi connectivity index (χ0v) is 11.2. The van der Waals surface area contributed by atoms with Gasteiger partial charge in [0.15, 0.2) is 0 Å². The predicted molar refractivity (Wildman–Crippen MR) is 71.6 cm³/mol. The molecule has 1 aromatic rings. The van der Waals surface area contributed by atoms with Gasteiger partial charge in [0.25, 0.3) is 0 Å². The van der Waals surface area contributed by atoms with Crippen LogP contribution < -0.4 is 10.1 Å². The van der Waals surface area contributed by atoms with Crippen molar-refractivity contribution in [3.63, 3.8) is 0 Å². The van der Waals surface area contributed by atoms with E-state index in [4.69, 9.17) is 4.74 Å². The van der Waals surface area contributed by atoms with Crippen molar-refractivity contribution in [1.29, 1.82) is 0 Å². The maximum absolute atomic E-state index is 5.46. The fourth-order valence-corrected chi connectivity index (χ4v) is 2.43. The highest BCUT2D eigenvalue weighted by atomic mass is 16.5. The molecule has 0 heterocycles. The molecule has 0 saturated heterocycles. The van der Waals surface area contributed by atoms with Crippen LogP contribution in [0.3, 0.4) is 0 Å². The molecular weight excluding hydrogens is 210 g/mol. The van der Waals surface area contributed by atoms with Crippen LogP contribution in [0.2, 0.25) is 0 Å². The van der Waals surface area contributed by atoms with Gasteiger partial charge in [-0.05, 0) is 49.8 Å². The molecule has 17 heavy (non-hydrogen) atoms. The Bertz CT molecular complexity index is 383. The molecule has 1 N–H and O–H groups in total. The fourth-order valence-electron chi connectivity index (χ4n) is 2.43. The molecule has 0 amide bonds. The third-order valence-corrected chi connectivity index (χ3v) is 3.71. The van der Waals surface area contributed by atoms with Gasteiger partial charge in [0.2, 0.25) is 0 Å². The minimum atomic E-state index is 0.497. The van der Waals surface area contributed by atoms with Crippen LogP contribution in [0.15, 0.2) is 18.2 Å². The first-order valence-electron chi connectivity index (χ1n) is 6.53. The topological polar surface area (TPSA) is 21.3 Å². The molecule has 0 radical (unpaired) electrons. The van der Waals surface area contributed by atoms with E-state index in [0.29, 0.717) is 5.41 Å². The zero-order chi connectivity index (χ0) is 12.3. The lowest BCUT2D eigenvalue weighted by Crippen LogP contribution is -2.25. The molecule has 94 valence electrons. The Morgan fingerprint density at radius 1 is 1.35 bits per heavy atom. The van der Waals surface area contributed by atoms with E-state index in [-0.39, 0.29) is 0 Å². The zero-order valence-electron chi connectivity index (χ0n) is 11.2. The Labute approximate surface area is 104 Å². The van der Waals surface area contributed by atoms with E-state index in [1.807, 2.05) is 0 Å². The van der Waals surface area contributed by atoms with E-state index in [2.05, 4.69) is 37.4 Å². The summed E-state index contributed by atoms with van der Waals surface area (Å²) in [6, 6.07) is 6.48. The summed E-state index contributed by atoms with van der Waals surface area (Å²) in [5.41, 5.74) is 3.18. The van der Waals surface area contributed by atoms with Crippen molar-refractivity contribution in [2.75, 3.05) is 20.2 Å². The van der Waals surface area contributed by atoms with Gasteiger partial charge in [-0.2, -0.15) is 0 Å². The van der Waals surface area contributed by atoms with Gasteiger partial charge in [-0.3, -0.25) is 0 Å². The van der Waals surface area contributed by atoms with Gasteiger partial charge in [0.1, 0.15) is 5.75 Å². The van der Waals surface area contributed by atoms with Crippen molar-refractivity contribution in [2.45, 2.75) is 33.1 Å². The molecule has 2 rings (SSSR count). The third-order valence-electron chi connectivity index (χ3n) is 3.71. The van der Waals surface area contributed by atoms with E-state index < -0.39 is 0 Å². The van der Waals surface area contributed by atoms with E-state index in [1.165, 1.54) is 24.0 Å². The lowest BCUT2D eigenvalue weighted by atomic mass is 9.94. The Morgan fingerprint density at radius 2 is 2.12 bits per heavy atom. The number of benzene rings is 1. The molecule has 0 aromatic heterocycles. The van der Waals surface area contributed by atoms with Crippen LogP contribution in [-0.4, -0.2) is 20.2 Å². The summed E-state index contributed by atoms with van der Waals surface area (Å²) in [6.45, 7) is 6.52. The number of aryl methyl sites for hydroxylation is 1. The van der Waals surface area contributed by atoms with Crippen LogP contribution >= 0.6 is 0 Å². The molecule has 0 atom stereocenters. The average Bonchev–Trinajstić information content (AvgIpc) is 3.07. The quantitative estimate of drug-likeness (QED) is 0.815. The molecule has 2 heteroatoms. The van der Waals surface area contributed by atoms with Gasteiger partial charge in [0.05, 0.1) is 7.11 Å². The van der Waals surface area contributed by atoms with Crippen molar-refractivity contribution in [3.8, 4) is 5.75 Å². The number of nitrogens with one attached hydrogen (secondary N) is 1. The number of ether oxygens (including phenoxy) is 1. The second kappa shape index (κ2) is 5.09. The molecule has 2 nitrogen and oxygen atoms in total. The highest BCUT2D eigenvalue weighted by molar-refractivity contribution is 5.38. The molecule has 1 aliphatic carbocycles. The molecule has 1 fully saturated rings. The lowest BCUT2D eigenvalue weighted by molar-refractivity contribution is 0.397. The van der Waals surface area contributed by atoms with Gasteiger partial charge in [0, 0.05) is 6.54 Å². The number of rotatable bonds is 6. The first-order valence-corrected chi connectivity index (χ1v) is 6.53. The average molecular weight is 233 g/mol. The summed E-state index contributed by atoms with van der Waals surface area (Å²) in [4.78, 5) is 0. The first kappa shape index (κ1) is 12.4. The van der Waals surface area contributed by atoms with Crippen LogP contribution in [0.25, 0.3) is 0 Å². The van der Waals surface area contributed by atoms with Crippen LogP contribution in [0, 0.1) is 12.3 Å². The standard InChI is InChI=1S/C15H23NO/c1-4-16-11-15(7-8-15)10-13-9-12(2)5-6-14(13)17-3/h5-6,9,16H,4,7-8,10-11H2,1-3H3. The molecule has 1 saturated carbocycles. The van der Waals surface area contributed by atoms with E-state index in [9.17, 15) is 0 Å². The van der Waals surface area contributed by atoms with Crippen molar-refractivity contribution in [3.05, 3.63) is 29.3 Å². The maximum Gasteiger partial charge on any atom is 0.122 e. The minimum absolute atomic E-state index is 0.497. The summed E-state index contributed by atoms with van der Waals surface area (Å²) in [7, 11) is 1.76. The van der Waals surface area contributed by atoms with Crippen molar-refractivity contribution in [2.24, 2.45) is 5.41 Å². The number of methoxy groups -OCH3 is 1. The van der Waals surface area contributed by atoms with E-state index in [1.54, 1.807) is 7.11 Å². The van der Waals surface area contributed by atoms with Crippen molar-refractivity contribution < 1.29 is 4.74 Å². The first-order chi connectivity index (χ1) is 8.19. The normalized spacial score (nSPS) is 16.9. The van der Waals surface area contributed by atoms with Crippen LogP contribution in [-0.2, 0) is 6.42 Å². The summed E-state index contributed by atoms with van der Waals surface area (Å²) < 4.78 is 5.46. The SMILES string of the molecule is CCNCC1(Cc2cc(C)ccc2OC)CC1. The predicted octanol–water partition coefficient (Wildman–Crippen LogP) is 2.94. The molecule has 0 bridgehead atoms. The highest BCUT2D eigenvalue weighted by Crippen LogP contribution is 2.48. The Balaban J connectivity index is 2.09. The van der Waals surface area contributed by atoms with Gasteiger partial charge in [-0.25, -0.2) is 0 Å². The maximum atomic E-state index is 5.46. The summed E-state index contributed by atoms with van der Waals surface area (Å²) >= 11 is 0. The number of hydrogen-bond donors (Lipinski definition) is 1. The van der Waals surface area contributed by atoms with Gasteiger partial charge in [-0.15, -0.1) is 0 Å². The third kappa shape index (κ3) is 3.01. The van der Waals surface area contributed by atoms with Gasteiger partial charge < -0.3 is 10.1 Å². The molecule has 0 unspecified atom stereocenters. The van der Waals surface area contributed by atoms with E-state index >= 15 is 0 Å². The molecular formula is C15H23NO. The highest BCUT2D eigenvalue weighted by Gasteiger charge is 2.42. The Hall–Kier alpha value is -1.02. The van der Waals surface area contributed by atoms with Gasteiger partial charge >= 0.3 is 0 Å². The minimum Gasteiger partial charge on any atom is -0.496 e. The Kier molecular flexibility index (Phi) is 3.72. The van der Waals surface area contributed by atoms with Crippen LogP contribution in [0.5, 0.6) is 5.75 Å². The molecule has 0 aliphatic heterocycles. The van der Waals surface area contributed by atoms with Crippen molar-refractivity contribution >= 4 is 0 Å². The smallest absolute Gasteiger partial charge is 0.122 e. The molecule has 1 aliphatic rings. The lowest BCUT2D eigenvalue weighted by Gasteiger charge is -2.18. The van der Waals surface area contributed by atoms with Crippen LogP contribution in [0.4, 0.5) is 0 Å². The Morgan fingerprint density at radius 3 is 2.71 bits per heavy atom. The monoisotopic (exact) mass is 233 g/mol. The molecule has 1 aromatic carbocycles. The largest absolute Gasteiger partial charge is 0.496 e. The van der Waals surface area contributed by atoms with E-state index in [0.717, 1.165) is 25.3 Å². The summed E-state index contributed by atoms with van der Waals surface area (Å²) in [6.07, 6.45) is 3.83. The summed E-state index contributed by atoms with van der Waals surface area (Å²) in [5, 5.41) is 3.48. The second-order valence-electron chi connectivity index (χ2n) is 5.27. The van der Waals surface area contributed by atoms with Crippen molar-refractivity contribution in [1.82, 2.24) is 5.32 Å². The fraction of sp³-hybridized carbons (Fsp3) is 0.600. The molecule has 0 spiro atoms. The van der Waals surface area contributed by atoms with Crippen LogP contribution in [0.1, 0.15) is 30.9 Å². The van der Waals surface area contributed by atoms with Gasteiger partial charge in [-0.1, -0.05) is 24.6 Å². The summed E-state index contributed by atoms with van der Waals surface area (Å²) in [5.74, 6) is 1.04.